The summed E-state index contributed by atoms with van der Waals surface area (Å²) < 4.78 is 0. The molecule has 2 unspecified atom stereocenters. The van der Waals surface area contributed by atoms with E-state index in [1.165, 1.54) is 23.2 Å². The second-order valence-electron chi connectivity index (χ2n) is 9.56. The van der Waals surface area contributed by atoms with Gasteiger partial charge < -0.3 is 10.2 Å². The Balaban J connectivity index is 1.49. The molecular formula is C25H33N5O. The van der Waals surface area contributed by atoms with Crippen LogP contribution in [0.4, 0.5) is 5.69 Å². The second kappa shape index (κ2) is 8.23. The molecule has 6 nitrogen and oxygen atoms in total. The minimum Gasteiger partial charge on any atom is -0.384 e. The van der Waals surface area contributed by atoms with Crippen LogP contribution in [-0.4, -0.2) is 57.9 Å². The van der Waals surface area contributed by atoms with E-state index in [1.54, 1.807) is 6.20 Å². The molecule has 2 aliphatic heterocycles. The number of nitrogens with one attached hydrogen (secondary N) is 1. The lowest BCUT2D eigenvalue weighted by molar-refractivity contribution is 0.0687. The number of nitrogens with zero attached hydrogens (tertiary/aromatic N) is 4. The molecule has 1 N–H and O–H groups in total. The molecule has 1 aromatic heterocycles. The molecule has 2 aromatic rings. The Hall–Kier alpha value is -2.47. The first-order chi connectivity index (χ1) is 15.0. The number of benzene rings is 1. The molecule has 6 heteroatoms. The van der Waals surface area contributed by atoms with Crippen LogP contribution in [0.1, 0.15) is 71.0 Å². The number of amides is 1. The van der Waals surface area contributed by atoms with Gasteiger partial charge in [0.25, 0.3) is 5.91 Å². The van der Waals surface area contributed by atoms with E-state index in [4.69, 9.17) is 0 Å². The maximum Gasteiger partial charge on any atom is 0.257 e. The predicted molar refractivity (Wildman–Crippen MR) is 122 cm³/mol. The van der Waals surface area contributed by atoms with Crippen molar-refractivity contribution in [2.75, 3.05) is 25.5 Å². The van der Waals surface area contributed by atoms with Gasteiger partial charge in [0.05, 0.1) is 11.3 Å². The van der Waals surface area contributed by atoms with Crippen LogP contribution in [-0.2, 0) is 6.54 Å². The zero-order valence-electron chi connectivity index (χ0n) is 18.9. The van der Waals surface area contributed by atoms with E-state index in [2.05, 4.69) is 52.4 Å². The number of hydrogen-bond donors (Lipinski definition) is 1. The summed E-state index contributed by atoms with van der Waals surface area (Å²) in [5, 5.41) is 3.68. The lowest BCUT2D eigenvalue weighted by Crippen LogP contribution is -2.43. The third-order valence-corrected chi connectivity index (χ3v) is 7.37. The van der Waals surface area contributed by atoms with Crippen LogP contribution in [0.2, 0.25) is 0 Å². The third kappa shape index (κ3) is 4.05. The maximum absolute atomic E-state index is 13.7. The standard InChI is InChI=1S/C25H33N5O/c1-16-5-4-6-19-14-30(15-21-10-9-20(29(21)3)11-12-26-23(16)19)25(31)22-13-27-24(18-7-8-18)28-17(22)2/h4-6,13,18,20-21,26H,7-12,14-15H2,1-3H3. The fraction of sp³-hybridized carbons (Fsp3) is 0.560. The van der Waals surface area contributed by atoms with Crippen molar-refractivity contribution in [1.29, 1.82) is 0 Å². The number of likely N-dealkylation sites (N-methyl/N-ethyl adjacent to an activating group) is 1. The summed E-state index contributed by atoms with van der Waals surface area (Å²) in [7, 11) is 2.22. The van der Waals surface area contributed by atoms with E-state index in [-0.39, 0.29) is 5.91 Å². The Morgan fingerprint density at radius 2 is 1.90 bits per heavy atom. The number of aromatic nitrogens is 2. The van der Waals surface area contributed by atoms with E-state index in [9.17, 15) is 4.79 Å². The summed E-state index contributed by atoms with van der Waals surface area (Å²) in [5.74, 6) is 1.43. The summed E-state index contributed by atoms with van der Waals surface area (Å²) in [6, 6.07) is 7.35. The number of fused-ring (bicyclic) bond motifs is 3. The Labute approximate surface area is 185 Å². The van der Waals surface area contributed by atoms with Crippen molar-refractivity contribution in [1.82, 2.24) is 19.8 Å². The van der Waals surface area contributed by atoms with Crippen LogP contribution >= 0.6 is 0 Å². The number of rotatable bonds is 2. The van der Waals surface area contributed by atoms with Gasteiger partial charge in [-0.15, -0.1) is 0 Å². The Bertz CT molecular complexity index is 986. The molecule has 0 radical (unpaired) electrons. The summed E-state index contributed by atoms with van der Waals surface area (Å²) >= 11 is 0. The first-order valence-electron chi connectivity index (χ1n) is 11.7. The van der Waals surface area contributed by atoms with Gasteiger partial charge in [-0.3, -0.25) is 9.69 Å². The highest BCUT2D eigenvalue weighted by molar-refractivity contribution is 5.95. The second-order valence-corrected chi connectivity index (χ2v) is 9.56. The van der Waals surface area contributed by atoms with Crippen LogP contribution < -0.4 is 5.32 Å². The summed E-state index contributed by atoms with van der Waals surface area (Å²) in [6.07, 6.45) is 7.56. The van der Waals surface area contributed by atoms with Crippen LogP contribution in [0.25, 0.3) is 0 Å². The zero-order chi connectivity index (χ0) is 21.5. The zero-order valence-corrected chi connectivity index (χ0v) is 18.9. The van der Waals surface area contributed by atoms with Crippen molar-refractivity contribution in [2.45, 2.75) is 70.5 Å². The van der Waals surface area contributed by atoms with E-state index in [0.29, 0.717) is 30.1 Å². The fourth-order valence-electron chi connectivity index (χ4n) is 5.22. The lowest BCUT2D eigenvalue weighted by Gasteiger charge is -2.31. The average Bonchev–Trinajstić information content (AvgIpc) is 3.54. The van der Waals surface area contributed by atoms with Crippen LogP contribution in [0.15, 0.2) is 24.4 Å². The van der Waals surface area contributed by atoms with Crippen LogP contribution in [0.5, 0.6) is 0 Å². The van der Waals surface area contributed by atoms with Crippen molar-refractivity contribution >= 4 is 11.6 Å². The van der Waals surface area contributed by atoms with Gasteiger partial charge in [0, 0.05) is 49.5 Å². The molecule has 1 amide bonds. The normalized spacial score (nSPS) is 24.3. The molecule has 2 bridgehead atoms. The van der Waals surface area contributed by atoms with Crippen LogP contribution in [0.3, 0.4) is 0 Å². The Morgan fingerprint density at radius 1 is 1.10 bits per heavy atom. The van der Waals surface area contributed by atoms with Crippen molar-refractivity contribution in [2.24, 2.45) is 0 Å². The molecule has 2 atom stereocenters. The monoisotopic (exact) mass is 419 g/mol. The quantitative estimate of drug-likeness (QED) is 0.800. The van der Waals surface area contributed by atoms with Gasteiger partial charge in [-0.25, -0.2) is 9.97 Å². The molecule has 0 spiro atoms. The van der Waals surface area contributed by atoms with Gasteiger partial charge in [-0.2, -0.15) is 0 Å². The third-order valence-electron chi connectivity index (χ3n) is 7.37. The number of carbonyl (C=O) groups excluding carboxylic acids is 1. The number of carbonyl (C=O) groups is 1. The highest BCUT2D eigenvalue weighted by atomic mass is 16.2. The Morgan fingerprint density at radius 3 is 2.68 bits per heavy atom. The molecule has 1 aliphatic carbocycles. The van der Waals surface area contributed by atoms with Crippen molar-refractivity contribution < 1.29 is 4.79 Å². The minimum absolute atomic E-state index is 0.0448. The van der Waals surface area contributed by atoms with Crippen molar-refractivity contribution in [3.63, 3.8) is 0 Å². The summed E-state index contributed by atoms with van der Waals surface area (Å²) in [5.41, 5.74) is 5.03. The molecule has 31 heavy (non-hydrogen) atoms. The van der Waals surface area contributed by atoms with Gasteiger partial charge in [0.1, 0.15) is 5.82 Å². The number of aryl methyl sites for hydroxylation is 2. The predicted octanol–water partition coefficient (Wildman–Crippen LogP) is 3.89. The molecule has 1 saturated heterocycles. The van der Waals surface area contributed by atoms with Gasteiger partial charge >= 0.3 is 0 Å². The van der Waals surface area contributed by atoms with E-state index >= 15 is 0 Å². The molecule has 5 rings (SSSR count). The van der Waals surface area contributed by atoms with E-state index < -0.39 is 0 Å². The molecule has 164 valence electrons. The highest BCUT2D eigenvalue weighted by Gasteiger charge is 2.34. The molecule has 1 saturated carbocycles. The first-order valence-corrected chi connectivity index (χ1v) is 11.7. The average molecular weight is 420 g/mol. The van der Waals surface area contributed by atoms with Crippen molar-refractivity contribution in [3.8, 4) is 0 Å². The molecule has 3 aliphatic rings. The summed E-state index contributed by atoms with van der Waals surface area (Å²) in [4.78, 5) is 27.5. The summed E-state index contributed by atoms with van der Waals surface area (Å²) in [6.45, 7) is 6.39. The topological polar surface area (TPSA) is 61.4 Å². The molecule has 2 fully saturated rings. The van der Waals surface area contributed by atoms with Gasteiger partial charge in [0.15, 0.2) is 0 Å². The molecule has 3 heterocycles. The largest absolute Gasteiger partial charge is 0.384 e. The van der Waals surface area contributed by atoms with E-state index in [1.807, 2.05) is 11.8 Å². The fourth-order valence-corrected chi connectivity index (χ4v) is 5.22. The lowest BCUT2D eigenvalue weighted by atomic mass is 10.0. The highest BCUT2D eigenvalue weighted by Crippen LogP contribution is 2.38. The van der Waals surface area contributed by atoms with E-state index in [0.717, 1.165) is 50.3 Å². The van der Waals surface area contributed by atoms with Gasteiger partial charge in [-0.05, 0) is 64.1 Å². The smallest absolute Gasteiger partial charge is 0.257 e. The SMILES string of the molecule is Cc1cccc2c1NCCC1CCC(CN(C(=O)c3cnc(C4CC4)nc3C)C2)N1C. The number of hydrogen-bond acceptors (Lipinski definition) is 5. The van der Waals surface area contributed by atoms with Crippen molar-refractivity contribution in [3.05, 3.63) is 52.6 Å². The Kier molecular flexibility index (Phi) is 5.42. The maximum atomic E-state index is 13.7. The molecule has 1 aromatic carbocycles. The van der Waals surface area contributed by atoms with Gasteiger partial charge in [-0.1, -0.05) is 18.2 Å². The first kappa shape index (κ1) is 20.4. The molecular weight excluding hydrogens is 386 g/mol. The minimum atomic E-state index is 0.0448. The number of para-hydroxylation sites is 1. The number of anilines is 1. The van der Waals surface area contributed by atoms with Gasteiger partial charge in [0.2, 0.25) is 0 Å². The van der Waals surface area contributed by atoms with Crippen LogP contribution in [0, 0.1) is 13.8 Å².